The number of carbonyl (C=O) groups excluding carboxylic acids is 1. The normalized spacial score (nSPS) is 10.8. The predicted molar refractivity (Wildman–Crippen MR) is 104 cm³/mol. The van der Waals surface area contributed by atoms with E-state index < -0.39 is 4.92 Å². The number of nitro groups is 1. The minimum Gasteiger partial charge on any atom is -0.324 e. The molecule has 0 unspecified atom stereocenters. The molecule has 2 aromatic rings. The summed E-state index contributed by atoms with van der Waals surface area (Å²) in [6, 6.07) is 3.95. The number of halogens is 1. The highest BCUT2D eigenvalue weighted by Gasteiger charge is 2.15. The van der Waals surface area contributed by atoms with Crippen molar-refractivity contribution in [1.29, 1.82) is 0 Å². The molecule has 9 heteroatoms. The third-order valence-corrected chi connectivity index (χ3v) is 5.22. The Morgan fingerprint density at radius 1 is 1.42 bits per heavy atom. The molecule has 0 saturated heterocycles. The van der Waals surface area contributed by atoms with Crippen LogP contribution in [0.5, 0.6) is 0 Å². The number of unbranched alkanes of at least 4 members (excludes halogenated alkanes) is 1. The molecule has 0 aliphatic heterocycles. The molecule has 0 bridgehead atoms. The van der Waals surface area contributed by atoms with Crippen LogP contribution in [0.3, 0.4) is 0 Å². The minimum absolute atomic E-state index is 0.119. The molecule has 0 spiro atoms. The van der Waals surface area contributed by atoms with E-state index in [1.165, 1.54) is 30.0 Å². The maximum atomic E-state index is 12.2. The van der Waals surface area contributed by atoms with Crippen LogP contribution in [0, 0.1) is 24.0 Å². The first-order chi connectivity index (χ1) is 12.3. The Balaban J connectivity index is 2.01. The summed E-state index contributed by atoms with van der Waals surface area (Å²) in [6.07, 6.45) is 2.13. The summed E-state index contributed by atoms with van der Waals surface area (Å²) < 4.78 is 2.13. The molecule has 0 atom stereocenters. The fourth-order valence-electron chi connectivity index (χ4n) is 2.35. The monoisotopic (exact) mass is 396 g/mol. The van der Waals surface area contributed by atoms with Crippen LogP contribution in [0.1, 0.15) is 31.2 Å². The second-order valence-corrected chi connectivity index (χ2v) is 7.18. The summed E-state index contributed by atoms with van der Waals surface area (Å²) in [5.41, 5.74) is 2.30. The Morgan fingerprint density at radius 3 is 2.77 bits per heavy atom. The van der Waals surface area contributed by atoms with Gasteiger partial charge >= 0.3 is 0 Å². The number of imidazole rings is 1. The van der Waals surface area contributed by atoms with E-state index in [-0.39, 0.29) is 22.4 Å². The van der Waals surface area contributed by atoms with Crippen LogP contribution in [0.15, 0.2) is 23.4 Å². The van der Waals surface area contributed by atoms with E-state index in [1.807, 2.05) is 13.8 Å². The maximum Gasteiger partial charge on any atom is 0.271 e. The number of nitro benzene ring substituents is 1. The largest absolute Gasteiger partial charge is 0.324 e. The summed E-state index contributed by atoms with van der Waals surface area (Å²) >= 11 is 7.36. The molecule has 140 valence electrons. The highest BCUT2D eigenvalue weighted by Crippen LogP contribution is 2.27. The maximum absolute atomic E-state index is 12.2. The summed E-state index contributed by atoms with van der Waals surface area (Å²) in [5.74, 6) is -0.0684. The Labute approximate surface area is 161 Å². The van der Waals surface area contributed by atoms with E-state index in [2.05, 4.69) is 21.8 Å². The average Bonchev–Trinajstić information content (AvgIpc) is 2.87. The SMILES string of the molecule is CCCCn1c(SCC(=O)Nc2ccc([N+](=O)[O-])cc2Cl)nc(C)c1C. The number of hydrogen-bond donors (Lipinski definition) is 1. The molecule has 1 aromatic heterocycles. The summed E-state index contributed by atoms with van der Waals surface area (Å²) in [4.78, 5) is 26.9. The fraction of sp³-hybridized carbons (Fsp3) is 0.412. The van der Waals surface area contributed by atoms with Gasteiger partial charge in [-0.2, -0.15) is 0 Å². The second kappa shape index (κ2) is 9.05. The number of nitrogens with one attached hydrogen (secondary N) is 1. The van der Waals surface area contributed by atoms with E-state index in [1.54, 1.807) is 0 Å². The lowest BCUT2D eigenvalue weighted by molar-refractivity contribution is -0.384. The highest BCUT2D eigenvalue weighted by molar-refractivity contribution is 7.99. The number of rotatable bonds is 8. The van der Waals surface area contributed by atoms with Gasteiger partial charge in [0.25, 0.3) is 5.69 Å². The van der Waals surface area contributed by atoms with Crippen LogP contribution >= 0.6 is 23.4 Å². The van der Waals surface area contributed by atoms with Crippen molar-refractivity contribution in [2.24, 2.45) is 0 Å². The molecular weight excluding hydrogens is 376 g/mol. The average molecular weight is 397 g/mol. The molecule has 0 saturated carbocycles. The Kier molecular flexibility index (Phi) is 7.05. The predicted octanol–water partition coefficient (Wildman–Crippen LogP) is 4.59. The van der Waals surface area contributed by atoms with E-state index in [0.29, 0.717) is 5.69 Å². The molecule has 7 nitrogen and oxygen atoms in total. The van der Waals surface area contributed by atoms with Crippen LogP contribution in [-0.2, 0) is 11.3 Å². The topological polar surface area (TPSA) is 90.1 Å². The number of thioether (sulfide) groups is 1. The van der Waals surface area contributed by atoms with Crippen molar-refractivity contribution in [2.45, 2.75) is 45.3 Å². The third-order valence-electron chi connectivity index (χ3n) is 3.93. The van der Waals surface area contributed by atoms with Crippen molar-refractivity contribution in [3.63, 3.8) is 0 Å². The zero-order valence-corrected chi connectivity index (χ0v) is 16.5. The number of non-ortho nitro benzene ring substituents is 1. The van der Waals surface area contributed by atoms with Gasteiger partial charge < -0.3 is 9.88 Å². The van der Waals surface area contributed by atoms with Crippen molar-refractivity contribution in [3.8, 4) is 0 Å². The van der Waals surface area contributed by atoms with Crippen molar-refractivity contribution in [3.05, 3.63) is 44.7 Å². The fourth-order valence-corrected chi connectivity index (χ4v) is 3.49. The number of benzene rings is 1. The number of carbonyl (C=O) groups is 1. The van der Waals surface area contributed by atoms with Gasteiger partial charge in [0.05, 0.1) is 27.1 Å². The number of anilines is 1. The lowest BCUT2D eigenvalue weighted by Crippen LogP contribution is -2.15. The molecule has 26 heavy (non-hydrogen) atoms. The first-order valence-electron chi connectivity index (χ1n) is 8.23. The lowest BCUT2D eigenvalue weighted by Gasteiger charge is -2.10. The van der Waals surface area contributed by atoms with Gasteiger partial charge in [0.1, 0.15) is 0 Å². The quantitative estimate of drug-likeness (QED) is 0.400. The number of aryl methyl sites for hydroxylation is 1. The molecular formula is C17H21ClN4O3S. The Morgan fingerprint density at radius 2 is 2.15 bits per heavy atom. The second-order valence-electron chi connectivity index (χ2n) is 5.83. The molecule has 2 rings (SSSR count). The van der Waals surface area contributed by atoms with Gasteiger partial charge in [0.15, 0.2) is 5.16 Å². The smallest absolute Gasteiger partial charge is 0.271 e. The number of amides is 1. The highest BCUT2D eigenvalue weighted by atomic mass is 35.5. The van der Waals surface area contributed by atoms with E-state index in [4.69, 9.17) is 11.6 Å². The minimum atomic E-state index is -0.534. The van der Waals surface area contributed by atoms with Crippen LogP contribution in [0.4, 0.5) is 11.4 Å². The molecule has 1 N–H and O–H groups in total. The molecule has 1 aromatic carbocycles. The third kappa shape index (κ3) is 4.98. The van der Waals surface area contributed by atoms with Crippen molar-refractivity contribution < 1.29 is 9.72 Å². The van der Waals surface area contributed by atoms with E-state index in [9.17, 15) is 14.9 Å². The zero-order valence-electron chi connectivity index (χ0n) is 14.9. The van der Waals surface area contributed by atoms with Crippen molar-refractivity contribution >= 4 is 40.6 Å². The Bertz CT molecular complexity index is 823. The van der Waals surface area contributed by atoms with Crippen LogP contribution < -0.4 is 5.32 Å². The first-order valence-corrected chi connectivity index (χ1v) is 9.60. The summed E-state index contributed by atoms with van der Waals surface area (Å²) in [5, 5.41) is 14.4. The van der Waals surface area contributed by atoms with E-state index >= 15 is 0 Å². The number of hydrogen-bond acceptors (Lipinski definition) is 5. The van der Waals surface area contributed by atoms with Gasteiger partial charge in [0, 0.05) is 24.4 Å². The Hall–Kier alpha value is -2.06. The van der Waals surface area contributed by atoms with Gasteiger partial charge in [0.2, 0.25) is 5.91 Å². The van der Waals surface area contributed by atoms with Gasteiger partial charge in [-0.15, -0.1) is 0 Å². The summed E-state index contributed by atoms with van der Waals surface area (Å²) in [7, 11) is 0. The molecule has 1 amide bonds. The van der Waals surface area contributed by atoms with Crippen LogP contribution in [-0.4, -0.2) is 26.1 Å². The summed E-state index contributed by atoms with van der Waals surface area (Å²) in [6.45, 7) is 6.99. The van der Waals surface area contributed by atoms with Crippen LogP contribution in [0.2, 0.25) is 5.02 Å². The van der Waals surface area contributed by atoms with Gasteiger partial charge in [-0.1, -0.05) is 36.7 Å². The molecule has 0 radical (unpaired) electrons. The number of nitrogens with zero attached hydrogens (tertiary/aromatic N) is 3. The lowest BCUT2D eigenvalue weighted by atomic mass is 10.3. The standard InChI is InChI=1S/C17H21ClN4O3S/c1-4-5-8-21-12(3)11(2)19-17(21)26-10-16(23)20-15-7-6-13(22(24)25)9-14(15)18/h6-7,9H,4-5,8,10H2,1-3H3,(H,20,23). The van der Waals surface area contributed by atoms with Crippen molar-refractivity contribution in [2.75, 3.05) is 11.1 Å². The number of aromatic nitrogens is 2. The van der Waals surface area contributed by atoms with Gasteiger partial charge in [-0.25, -0.2) is 4.98 Å². The van der Waals surface area contributed by atoms with E-state index in [0.717, 1.165) is 35.9 Å². The molecule has 0 fully saturated rings. The van der Waals surface area contributed by atoms with Gasteiger partial charge in [-0.05, 0) is 26.3 Å². The molecule has 1 heterocycles. The van der Waals surface area contributed by atoms with Gasteiger partial charge in [-0.3, -0.25) is 14.9 Å². The van der Waals surface area contributed by atoms with Crippen LogP contribution in [0.25, 0.3) is 0 Å². The zero-order chi connectivity index (χ0) is 19.3. The molecule has 0 aliphatic rings. The first kappa shape index (κ1) is 20.3. The van der Waals surface area contributed by atoms with Crippen molar-refractivity contribution in [1.82, 2.24) is 9.55 Å². The molecule has 0 aliphatic carbocycles.